The number of likely N-dealkylation sites (tertiary alicyclic amines) is 1. The van der Waals surface area contributed by atoms with Crippen molar-refractivity contribution in [2.24, 2.45) is 12.8 Å². The van der Waals surface area contributed by atoms with E-state index >= 15 is 0 Å². The lowest BCUT2D eigenvalue weighted by atomic mass is 10.0. The highest BCUT2D eigenvalue weighted by atomic mass is 16.5. The summed E-state index contributed by atoms with van der Waals surface area (Å²) in [5.74, 6) is -0.295. The minimum atomic E-state index is -0.295. The van der Waals surface area contributed by atoms with Gasteiger partial charge in [0.1, 0.15) is 5.56 Å². The third kappa shape index (κ3) is 3.19. The lowest BCUT2D eigenvalue weighted by molar-refractivity contribution is 0.0522. The molecular weight excluding hydrogens is 256 g/mol. The molecule has 0 amide bonds. The molecule has 1 saturated heterocycles. The topological polar surface area (TPSA) is 73.4 Å². The van der Waals surface area contributed by atoms with Gasteiger partial charge >= 0.3 is 5.97 Å². The Bertz CT molecular complexity index is 458. The zero-order chi connectivity index (χ0) is 14.5. The molecule has 6 nitrogen and oxygen atoms in total. The highest BCUT2D eigenvalue weighted by Gasteiger charge is 2.25. The van der Waals surface area contributed by atoms with Crippen molar-refractivity contribution in [1.29, 1.82) is 0 Å². The van der Waals surface area contributed by atoms with Crippen molar-refractivity contribution in [1.82, 2.24) is 14.7 Å². The summed E-state index contributed by atoms with van der Waals surface area (Å²) >= 11 is 0. The fourth-order valence-corrected chi connectivity index (χ4v) is 2.76. The Labute approximate surface area is 119 Å². The van der Waals surface area contributed by atoms with Crippen LogP contribution >= 0.6 is 0 Å². The first-order valence-corrected chi connectivity index (χ1v) is 7.29. The first-order valence-electron chi connectivity index (χ1n) is 7.29. The summed E-state index contributed by atoms with van der Waals surface area (Å²) in [6, 6.07) is 0.397. The number of ether oxygens (including phenoxy) is 1. The van der Waals surface area contributed by atoms with E-state index in [1.165, 1.54) is 12.8 Å². The van der Waals surface area contributed by atoms with Crippen LogP contribution in [0.4, 0.5) is 0 Å². The second kappa shape index (κ2) is 6.85. The quantitative estimate of drug-likeness (QED) is 0.812. The van der Waals surface area contributed by atoms with E-state index in [0.29, 0.717) is 31.3 Å². The van der Waals surface area contributed by atoms with E-state index in [2.05, 4.69) is 10.00 Å². The number of esters is 1. The lowest BCUT2D eigenvalue weighted by Gasteiger charge is -2.35. The van der Waals surface area contributed by atoms with Crippen LogP contribution in [0.5, 0.6) is 0 Å². The summed E-state index contributed by atoms with van der Waals surface area (Å²) in [6.45, 7) is 4.57. The van der Waals surface area contributed by atoms with E-state index in [1.54, 1.807) is 10.9 Å². The molecule has 0 bridgehead atoms. The van der Waals surface area contributed by atoms with Crippen LogP contribution in [-0.4, -0.2) is 46.4 Å². The molecule has 2 heterocycles. The van der Waals surface area contributed by atoms with Gasteiger partial charge in [0.05, 0.1) is 18.5 Å². The molecule has 0 spiro atoms. The number of hydrogen-bond acceptors (Lipinski definition) is 5. The SMILES string of the molecule is CCOC(=O)c1cnn(C)c1CN1CCCCC1CN. The molecule has 0 aromatic carbocycles. The normalized spacial score (nSPS) is 20.1. The minimum absolute atomic E-state index is 0.295. The van der Waals surface area contributed by atoms with Gasteiger partial charge in [-0.1, -0.05) is 6.42 Å². The lowest BCUT2D eigenvalue weighted by Crippen LogP contribution is -2.44. The molecule has 1 unspecified atom stereocenters. The Morgan fingerprint density at radius 3 is 3.05 bits per heavy atom. The molecule has 6 heteroatoms. The number of rotatable bonds is 5. The van der Waals surface area contributed by atoms with Crippen molar-refractivity contribution in [2.75, 3.05) is 19.7 Å². The van der Waals surface area contributed by atoms with Crippen LogP contribution in [0, 0.1) is 0 Å². The summed E-state index contributed by atoms with van der Waals surface area (Å²) in [5.41, 5.74) is 7.32. The zero-order valence-electron chi connectivity index (χ0n) is 12.3. The number of aryl methyl sites for hydroxylation is 1. The van der Waals surface area contributed by atoms with Gasteiger partial charge in [-0.25, -0.2) is 4.79 Å². The van der Waals surface area contributed by atoms with E-state index in [-0.39, 0.29) is 5.97 Å². The van der Waals surface area contributed by atoms with Gasteiger partial charge in [-0.15, -0.1) is 0 Å². The molecule has 1 aromatic rings. The second-order valence-electron chi connectivity index (χ2n) is 5.20. The van der Waals surface area contributed by atoms with Crippen LogP contribution in [0.2, 0.25) is 0 Å². The van der Waals surface area contributed by atoms with Crippen molar-refractivity contribution in [3.05, 3.63) is 17.5 Å². The molecule has 1 aliphatic rings. The van der Waals surface area contributed by atoms with E-state index in [4.69, 9.17) is 10.5 Å². The smallest absolute Gasteiger partial charge is 0.341 e. The molecule has 0 saturated carbocycles. The Kier molecular flexibility index (Phi) is 5.14. The molecule has 0 radical (unpaired) electrons. The predicted molar refractivity (Wildman–Crippen MR) is 76.3 cm³/mol. The van der Waals surface area contributed by atoms with Gasteiger partial charge in [-0.2, -0.15) is 5.10 Å². The van der Waals surface area contributed by atoms with Gasteiger partial charge in [0.15, 0.2) is 0 Å². The second-order valence-corrected chi connectivity index (χ2v) is 5.20. The molecule has 1 aliphatic heterocycles. The summed E-state index contributed by atoms with van der Waals surface area (Å²) in [7, 11) is 1.86. The monoisotopic (exact) mass is 280 g/mol. The minimum Gasteiger partial charge on any atom is -0.462 e. The molecule has 1 fully saturated rings. The van der Waals surface area contributed by atoms with E-state index < -0.39 is 0 Å². The van der Waals surface area contributed by atoms with Crippen molar-refractivity contribution >= 4 is 5.97 Å². The van der Waals surface area contributed by atoms with Crippen molar-refractivity contribution in [3.8, 4) is 0 Å². The number of piperidine rings is 1. The molecule has 1 aromatic heterocycles. The zero-order valence-corrected chi connectivity index (χ0v) is 12.3. The molecule has 2 rings (SSSR count). The van der Waals surface area contributed by atoms with E-state index in [0.717, 1.165) is 18.7 Å². The Hall–Kier alpha value is -1.40. The maximum Gasteiger partial charge on any atom is 0.341 e. The van der Waals surface area contributed by atoms with E-state index in [9.17, 15) is 4.79 Å². The Balaban J connectivity index is 2.15. The average molecular weight is 280 g/mol. The summed E-state index contributed by atoms with van der Waals surface area (Å²) in [4.78, 5) is 14.3. The number of carbonyl (C=O) groups is 1. The highest BCUT2D eigenvalue weighted by molar-refractivity contribution is 5.90. The van der Waals surface area contributed by atoms with Crippen molar-refractivity contribution < 1.29 is 9.53 Å². The summed E-state index contributed by atoms with van der Waals surface area (Å²) in [5, 5.41) is 4.19. The molecule has 2 N–H and O–H groups in total. The fourth-order valence-electron chi connectivity index (χ4n) is 2.76. The maximum absolute atomic E-state index is 12.0. The largest absolute Gasteiger partial charge is 0.462 e. The third-order valence-electron chi connectivity index (χ3n) is 3.93. The number of nitrogens with two attached hydrogens (primary N) is 1. The number of nitrogens with zero attached hydrogens (tertiary/aromatic N) is 3. The first-order chi connectivity index (χ1) is 9.67. The number of aromatic nitrogens is 2. The van der Waals surface area contributed by atoms with Gasteiger partial charge < -0.3 is 10.5 Å². The molecule has 112 valence electrons. The van der Waals surface area contributed by atoms with Gasteiger partial charge in [0.25, 0.3) is 0 Å². The van der Waals surface area contributed by atoms with Crippen molar-refractivity contribution in [3.63, 3.8) is 0 Å². The molecule has 20 heavy (non-hydrogen) atoms. The Morgan fingerprint density at radius 2 is 2.35 bits per heavy atom. The third-order valence-corrected chi connectivity index (χ3v) is 3.93. The van der Waals surface area contributed by atoms with E-state index in [1.807, 2.05) is 14.0 Å². The van der Waals surface area contributed by atoms with Crippen LogP contribution in [-0.2, 0) is 18.3 Å². The average Bonchev–Trinajstić information content (AvgIpc) is 2.81. The van der Waals surface area contributed by atoms with Crippen LogP contribution in [0.25, 0.3) is 0 Å². The highest BCUT2D eigenvalue weighted by Crippen LogP contribution is 2.20. The van der Waals surface area contributed by atoms with Gasteiger partial charge in [0.2, 0.25) is 0 Å². The molecule has 0 aliphatic carbocycles. The van der Waals surface area contributed by atoms with Gasteiger partial charge in [-0.05, 0) is 26.3 Å². The standard InChI is InChI=1S/C14H24N4O2/c1-3-20-14(19)12-9-16-17(2)13(12)10-18-7-5-4-6-11(18)8-15/h9,11H,3-8,10,15H2,1-2H3. The molecule has 1 atom stereocenters. The summed E-state index contributed by atoms with van der Waals surface area (Å²) in [6.07, 6.45) is 5.13. The van der Waals surface area contributed by atoms with Crippen molar-refractivity contribution in [2.45, 2.75) is 38.8 Å². The van der Waals surface area contributed by atoms with Crippen LogP contribution in [0.15, 0.2) is 6.20 Å². The number of hydrogen-bond donors (Lipinski definition) is 1. The number of carbonyl (C=O) groups excluding carboxylic acids is 1. The van der Waals surface area contributed by atoms with Crippen LogP contribution in [0.1, 0.15) is 42.2 Å². The molecular formula is C14H24N4O2. The van der Waals surface area contributed by atoms with Crippen LogP contribution < -0.4 is 5.73 Å². The predicted octanol–water partition coefficient (Wildman–Crippen LogP) is 0.910. The fraction of sp³-hybridized carbons (Fsp3) is 0.714. The Morgan fingerprint density at radius 1 is 1.55 bits per heavy atom. The summed E-state index contributed by atoms with van der Waals surface area (Å²) < 4.78 is 6.85. The van der Waals surface area contributed by atoms with Gasteiger partial charge in [-0.3, -0.25) is 9.58 Å². The first kappa shape index (κ1) is 15.0. The van der Waals surface area contributed by atoms with Gasteiger partial charge in [0, 0.05) is 26.2 Å². The maximum atomic E-state index is 12.0. The van der Waals surface area contributed by atoms with Crippen LogP contribution in [0.3, 0.4) is 0 Å².